The molecule has 1 aliphatic heterocycles. The molecular formula is C11H17N3OS. The Kier molecular flexibility index (Phi) is 3.56. The number of hydrogen-bond donors (Lipinski definition) is 2. The van der Waals surface area contributed by atoms with Gasteiger partial charge in [-0.3, -0.25) is 14.9 Å². The molecule has 1 unspecified atom stereocenters. The van der Waals surface area contributed by atoms with Gasteiger partial charge in [-0.15, -0.1) is 0 Å². The number of nitrogens with one attached hydrogen (secondary N) is 2. The molecule has 1 amide bonds. The average molecular weight is 239 g/mol. The van der Waals surface area contributed by atoms with Crippen LogP contribution in [0.2, 0.25) is 0 Å². The summed E-state index contributed by atoms with van der Waals surface area (Å²) in [5, 5.41) is 3.22. The Bertz CT molecular complexity index is 363. The van der Waals surface area contributed by atoms with Crippen LogP contribution in [0.3, 0.4) is 0 Å². The zero-order chi connectivity index (χ0) is 11.5. The topological polar surface area (TPSA) is 46.1 Å². The number of nitrogens with zero attached hydrogens (tertiary/aromatic N) is 1. The van der Waals surface area contributed by atoms with Crippen LogP contribution in [-0.2, 0) is 4.79 Å². The van der Waals surface area contributed by atoms with E-state index in [1.807, 2.05) is 42.4 Å². The Morgan fingerprint density at radius 3 is 2.75 bits per heavy atom. The molecule has 0 radical (unpaired) electrons. The second kappa shape index (κ2) is 4.93. The first-order valence-electron chi connectivity index (χ1n) is 5.45. The number of hydrogen-bond acceptors (Lipinski definition) is 3. The molecule has 5 heteroatoms. The molecule has 0 aliphatic carbocycles. The molecule has 1 aromatic heterocycles. The highest BCUT2D eigenvalue weighted by molar-refractivity contribution is 7.99. The van der Waals surface area contributed by atoms with Gasteiger partial charge in [-0.25, -0.2) is 0 Å². The predicted molar refractivity (Wildman–Crippen MR) is 67.4 cm³/mol. The van der Waals surface area contributed by atoms with Gasteiger partial charge in [0.2, 0.25) is 0 Å². The molecule has 4 nitrogen and oxygen atoms in total. The van der Waals surface area contributed by atoms with E-state index in [1.165, 1.54) is 0 Å². The maximum atomic E-state index is 12.0. The van der Waals surface area contributed by atoms with E-state index in [2.05, 4.69) is 10.7 Å². The number of carbonyl (C=O) groups is 1. The summed E-state index contributed by atoms with van der Waals surface area (Å²) < 4.78 is 1.84. The maximum Gasteiger partial charge on any atom is 0.256 e. The van der Waals surface area contributed by atoms with Crippen LogP contribution in [-0.4, -0.2) is 34.7 Å². The normalized spacial score (nSPS) is 20.8. The molecule has 0 bridgehead atoms. The molecule has 2 heterocycles. The fourth-order valence-corrected chi connectivity index (χ4v) is 2.70. The maximum absolute atomic E-state index is 12.0. The van der Waals surface area contributed by atoms with Crippen molar-refractivity contribution in [2.75, 3.05) is 23.5 Å². The summed E-state index contributed by atoms with van der Waals surface area (Å²) in [5.74, 6) is 1.99. The minimum Gasteiger partial charge on any atom is -0.304 e. The largest absolute Gasteiger partial charge is 0.304 e. The highest BCUT2D eigenvalue weighted by Crippen LogP contribution is 2.09. The molecule has 1 saturated heterocycles. The Morgan fingerprint density at radius 2 is 2.19 bits per heavy atom. The minimum atomic E-state index is -0.0695. The van der Waals surface area contributed by atoms with Gasteiger partial charge in [0.05, 0.1) is 6.04 Å². The van der Waals surface area contributed by atoms with Crippen LogP contribution in [0.15, 0.2) is 12.1 Å². The monoisotopic (exact) mass is 239 g/mol. The first-order chi connectivity index (χ1) is 7.68. The molecule has 1 aliphatic rings. The predicted octanol–water partition coefficient (Wildman–Crippen LogP) is 0.880. The molecule has 0 spiro atoms. The number of rotatable bonds is 2. The third kappa shape index (κ3) is 2.41. The second-order valence-electron chi connectivity index (χ2n) is 4.01. The van der Waals surface area contributed by atoms with Gasteiger partial charge >= 0.3 is 0 Å². The van der Waals surface area contributed by atoms with Gasteiger partial charge in [-0.1, -0.05) is 0 Å². The smallest absolute Gasteiger partial charge is 0.256 e. The van der Waals surface area contributed by atoms with E-state index in [9.17, 15) is 4.79 Å². The number of amides is 1. The summed E-state index contributed by atoms with van der Waals surface area (Å²) in [4.78, 5) is 12.0. The Hall–Kier alpha value is -0.940. The van der Waals surface area contributed by atoms with E-state index in [1.54, 1.807) is 0 Å². The van der Waals surface area contributed by atoms with Crippen molar-refractivity contribution in [1.82, 2.24) is 9.99 Å². The van der Waals surface area contributed by atoms with E-state index < -0.39 is 0 Å². The van der Waals surface area contributed by atoms with Crippen LogP contribution in [0.4, 0.5) is 0 Å². The number of thioether (sulfide) groups is 1. The summed E-state index contributed by atoms with van der Waals surface area (Å²) in [6.07, 6.45) is 0. The van der Waals surface area contributed by atoms with Gasteiger partial charge in [-0.05, 0) is 26.0 Å². The van der Waals surface area contributed by atoms with Crippen molar-refractivity contribution in [3.05, 3.63) is 23.5 Å². The van der Waals surface area contributed by atoms with Gasteiger partial charge in [-0.2, -0.15) is 11.8 Å². The third-order valence-corrected chi connectivity index (χ3v) is 3.79. The lowest BCUT2D eigenvalue weighted by Gasteiger charge is -2.23. The SMILES string of the molecule is Cc1ccc(C)n1NC(=O)C1CSCCN1. The van der Waals surface area contributed by atoms with Crippen molar-refractivity contribution < 1.29 is 4.79 Å². The van der Waals surface area contributed by atoms with Crippen molar-refractivity contribution in [2.24, 2.45) is 0 Å². The van der Waals surface area contributed by atoms with Crippen molar-refractivity contribution in [1.29, 1.82) is 0 Å². The molecule has 1 aromatic rings. The zero-order valence-corrected chi connectivity index (χ0v) is 10.4. The molecule has 2 N–H and O–H groups in total. The number of aryl methyl sites for hydroxylation is 2. The van der Waals surface area contributed by atoms with E-state index in [0.717, 1.165) is 29.4 Å². The standard InChI is InChI=1S/C11H17N3OS/c1-8-3-4-9(2)14(8)13-11(15)10-7-16-6-5-12-10/h3-4,10,12H,5-7H2,1-2H3,(H,13,15). The molecular weight excluding hydrogens is 222 g/mol. The van der Waals surface area contributed by atoms with E-state index in [-0.39, 0.29) is 11.9 Å². The first kappa shape index (κ1) is 11.5. The average Bonchev–Trinajstić information content (AvgIpc) is 2.62. The molecule has 2 rings (SSSR count). The van der Waals surface area contributed by atoms with Gasteiger partial charge in [0.1, 0.15) is 0 Å². The van der Waals surface area contributed by atoms with Gasteiger partial charge in [0, 0.05) is 29.4 Å². The van der Waals surface area contributed by atoms with E-state index in [0.29, 0.717) is 0 Å². The Labute approximate surface area is 99.8 Å². The molecule has 0 aromatic carbocycles. The van der Waals surface area contributed by atoms with Crippen LogP contribution < -0.4 is 10.7 Å². The van der Waals surface area contributed by atoms with E-state index >= 15 is 0 Å². The van der Waals surface area contributed by atoms with Gasteiger partial charge < -0.3 is 5.32 Å². The van der Waals surface area contributed by atoms with Crippen LogP contribution in [0.5, 0.6) is 0 Å². The summed E-state index contributed by atoms with van der Waals surface area (Å²) in [7, 11) is 0. The third-order valence-electron chi connectivity index (χ3n) is 2.73. The number of aromatic nitrogens is 1. The summed E-state index contributed by atoms with van der Waals surface area (Å²) >= 11 is 1.82. The summed E-state index contributed by atoms with van der Waals surface area (Å²) in [5.41, 5.74) is 5.03. The second-order valence-corrected chi connectivity index (χ2v) is 5.16. The molecule has 88 valence electrons. The van der Waals surface area contributed by atoms with Crippen LogP contribution in [0, 0.1) is 13.8 Å². The van der Waals surface area contributed by atoms with Gasteiger partial charge in [0.25, 0.3) is 5.91 Å². The zero-order valence-electron chi connectivity index (χ0n) is 9.62. The summed E-state index contributed by atoms with van der Waals surface area (Å²) in [6.45, 7) is 4.87. The van der Waals surface area contributed by atoms with Crippen LogP contribution in [0.25, 0.3) is 0 Å². The highest BCUT2D eigenvalue weighted by Gasteiger charge is 2.21. The quantitative estimate of drug-likeness (QED) is 0.805. The molecule has 16 heavy (non-hydrogen) atoms. The highest BCUT2D eigenvalue weighted by atomic mass is 32.2. The van der Waals surface area contributed by atoms with Crippen LogP contribution >= 0.6 is 11.8 Å². The lowest BCUT2D eigenvalue weighted by Crippen LogP contribution is -2.48. The van der Waals surface area contributed by atoms with Gasteiger partial charge in [0.15, 0.2) is 0 Å². The number of carbonyl (C=O) groups excluding carboxylic acids is 1. The first-order valence-corrected chi connectivity index (χ1v) is 6.61. The van der Waals surface area contributed by atoms with Crippen molar-refractivity contribution >= 4 is 17.7 Å². The summed E-state index contributed by atoms with van der Waals surface area (Å²) in [6, 6.07) is 3.93. The fourth-order valence-electron chi connectivity index (χ4n) is 1.77. The minimum absolute atomic E-state index is 0.0506. The van der Waals surface area contributed by atoms with Crippen molar-refractivity contribution in [2.45, 2.75) is 19.9 Å². The van der Waals surface area contributed by atoms with Crippen molar-refractivity contribution in [3.8, 4) is 0 Å². The van der Waals surface area contributed by atoms with E-state index in [4.69, 9.17) is 0 Å². The Morgan fingerprint density at radius 1 is 1.50 bits per heavy atom. The molecule has 1 fully saturated rings. The van der Waals surface area contributed by atoms with Crippen LogP contribution in [0.1, 0.15) is 11.4 Å². The molecule has 1 atom stereocenters. The lowest BCUT2D eigenvalue weighted by atomic mass is 10.3. The Balaban J connectivity index is 2.01. The lowest BCUT2D eigenvalue weighted by molar-refractivity contribution is -0.118. The molecule has 0 saturated carbocycles. The fraction of sp³-hybridized carbons (Fsp3) is 0.545. The van der Waals surface area contributed by atoms with Crippen molar-refractivity contribution in [3.63, 3.8) is 0 Å².